The fourth-order valence-corrected chi connectivity index (χ4v) is 7.51. The Labute approximate surface area is 160 Å². The van der Waals surface area contributed by atoms with Crippen molar-refractivity contribution < 1.29 is 55.9 Å². The first kappa shape index (κ1) is 22.7. The van der Waals surface area contributed by atoms with Gasteiger partial charge in [-0.15, -0.1) is 0 Å². The molecule has 1 aromatic heterocycles. The number of aliphatic hydroxyl groups is 2. The van der Waals surface area contributed by atoms with Crippen molar-refractivity contribution in [3.63, 3.8) is 0 Å². The summed E-state index contributed by atoms with van der Waals surface area (Å²) >= 11 is 0. The molecule has 164 valence electrons. The summed E-state index contributed by atoms with van der Waals surface area (Å²) in [7, 11) is -14.5. The molecule has 6 atom stereocenters. The number of nitrogens with zero attached hydrogens (tertiary/aromatic N) is 1. The van der Waals surface area contributed by atoms with E-state index in [1.807, 2.05) is 0 Å². The van der Waals surface area contributed by atoms with E-state index in [0.717, 1.165) is 13.2 Å². The molecule has 2 saturated heterocycles. The number of nitrogens with one attached hydrogen (secondary N) is 1. The minimum absolute atomic E-state index is 0.217. The van der Waals surface area contributed by atoms with Crippen molar-refractivity contribution in [3.8, 4) is 0 Å². The fraction of sp³-hybridized carbons (Fsp3) is 0.600. The highest BCUT2D eigenvalue weighted by atomic mass is 31.3. The molecule has 0 aromatic carbocycles. The summed E-state index contributed by atoms with van der Waals surface area (Å²) in [5.41, 5.74) is -1.77. The summed E-state index contributed by atoms with van der Waals surface area (Å²) in [6, 6.07) is 0. The van der Waals surface area contributed by atoms with Gasteiger partial charge in [0.1, 0.15) is 24.4 Å². The Morgan fingerprint density at radius 1 is 1.10 bits per heavy atom. The number of aromatic nitrogens is 2. The maximum absolute atomic E-state index is 12.2. The number of phosphoric acid groups is 3. The first-order valence-electron chi connectivity index (χ1n) is 7.58. The third-order valence-corrected chi connectivity index (χ3v) is 9.25. The molecule has 0 saturated carbocycles. The van der Waals surface area contributed by atoms with Crippen molar-refractivity contribution in [1.29, 1.82) is 0 Å². The minimum Gasteiger partial charge on any atom is -0.387 e. The molecule has 0 spiro atoms. The molecule has 1 aromatic rings. The molecule has 0 bridgehead atoms. The Bertz CT molecular complexity index is 1040. The van der Waals surface area contributed by atoms with E-state index >= 15 is 0 Å². The number of ether oxygens (including phenoxy) is 1. The average Bonchev–Trinajstić information content (AvgIpc) is 2.83. The first-order chi connectivity index (χ1) is 13.2. The quantitative estimate of drug-likeness (QED) is 0.313. The smallest absolute Gasteiger partial charge is 0.387 e. The van der Waals surface area contributed by atoms with Crippen LogP contribution in [0, 0.1) is 0 Å². The number of H-pyrrole nitrogens is 1. The summed E-state index contributed by atoms with van der Waals surface area (Å²) in [6.45, 7) is -0.921. The third-order valence-electron chi connectivity index (χ3n) is 3.89. The maximum Gasteiger partial charge on any atom is 0.492 e. The highest BCUT2D eigenvalue weighted by molar-refractivity contribution is 7.74. The third kappa shape index (κ3) is 4.69. The molecule has 0 amide bonds. The van der Waals surface area contributed by atoms with E-state index in [1.54, 1.807) is 0 Å². The van der Waals surface area contributed by atoms with Crippen molar-refractivity contribution >= 4 is 23.5 Å². The van der Waals surface area contributed by atoms with Crippen LogP contribution in [0.15, 0.2) is 15.8 Å². The zero-order valence-electron chi connectivity index (χ0n) is 14.3. The predicted molar refractivity (Wildman–Crippen MR) is 88.4 cm³/mol. The molecule has 0 aliphatic carbocycles. The average molecular weight is 480 g/mol. The first-order valence-corrected chi connectivity index (χ1v) is 12.0. The van der Waals surface area contributed by atoms with Crippen molar-refractivity contribution in [2.24, 2.45) is 7.05 Å². The van der Waals surface area contributed by atoms with Crippen molar-refractivity contribution in [2.45, 2.75) is 24.4 Å². The van der Waals surface area contributed by atoms with E-state index in [0.29, 0.717) is 4.57 Å². The highest BCUT2D eigenvalue weighted by Crippen LogP contribution is 2.80. The van der Waals surface area contributed by atoms with E-state index in [2.05, 4.69) is 22.4 Å². The van der Waals surface area contributed by atoms with E-state index in [-0.39, 0.29) is 5.56 Å². The predicted octanol–water partition coefficient (Wildman–Crippen LogP) is -1.38. The Morgan fingerprint density at radius 2 is 1.69 bits per heavy atom. The Hall–Kier alpha value is -0.990. The molecular weight excluding hydrogens is 465 g/mol. The summed E-state index contributed by atoms with van der Waals surface area (Å²) in [5.74, 6) is 0. The largest absolute Gasteiger partial charge is 0.492 e. The zero-order chi connectivity index (χ0) is 21.8. The molecule has 4 unspecified atom stereocenters. The van der Waals surface area contributed by atoms with Gasteiger partial charge in [0.05, 0.1) is 12.2 Å². The Kier molecular flexibility index (Phi) is 5.95. The van der Waals surface area contributed by atoms with Crippen molar-refractivity contribution in [3.05, 3.63) is 32.6 Å². The van der Waals surface area contributed by atoms with Crippen molar-refractivity contribution in [2.75, 3.05) is 6.61 Å². The lowest BCUT2D eigenvalue weighted by Gasteiger charge is -2.27. The van der Waals surface area contributed by atoms with Crippen LogP contribution < -0.4 is 11.2 Å². The van der Waals surface area contributed by atoms with Crippen LogP contribution in [0.25, 0.3) is 0 Å². The van der Waals surface area contributed by atoms with Crippen LogP contribution in [-0.2, 0) is 42.9 Å². The van der Waals surface area contributed by atoms with Gasteiger partial charge >= 0.3 is 29.2 Å². The summed E-state index contributed by atoms with van der Waals surface area (Å²) in [4.78, 5) is 44.1. The molecule has 0 radical (unpaired) electrons. The van der Waals surface area contributed by atoms with Gasteiger partial charge in [0.2, 0.25) is 0 Å². The SMILES string of the molecule is Cn1c(=O)[nH]cc([C@@H]2O[C@H](COP3(=O)OP(=O)(O)OP(=O)(O)O3)C(O)C2O)c1=O. The normalized spacial score (nSPS) is 42.8. The summed E-state index contributed by atoms with van der Waals surface area (Å²) in [6.07, 6.45) is -5.34. The van der Waals surface area contributed by atoms with Crippen LogP contribution in [0.2, 0.25) is 0 Å². The summed E-state index contributed by atoms with van der Waals surface area (Å²) < 4.78 is 57.4. The van der Waals surface area contributed by atoms with Gasteiger partial charge in [0.15, 0.2) is 0 Å². The van der Waals surface area contributed by atoms with E-state index < -0.39 is 65.7 Å². The second-order valence-electron chi connectivity index (χ2n) is 5.91. The molecule has 2 aliphatic heterocycles. The van der Waals surface area contributed by atoms with Gasteiger partial charge in [-0.1, -0.05) is 0 Å². The lowest BCUT2D eigenvalue weighted by atomic mass is 10.0. The standard InChI is InChI=1S/C10H15N2O14P3/c1-12-9(15)4(2-11-10(12)16)8-7(14)6(13)5(23-8)3-22-29(21)25-27(17,18)24-28(19,20)26-29/h2,5-8,13-14H,3H2,1H3,(H,11,16)(H,17,18)(H,19,20)/t5-,6?,7?,8+/m1/s1. The Balaban J connectivity index is 1.76. The highest BCUT2D eigenvalue weighted by Gasteiger charge is 2.55. The molecule has 3 rings (SSSR count). The molecule has 16 nitrogen and oxygen atoms in total. The van der Waals surface area contributed by atoms with E-state index in [4.69, 9.17) is 14.5 Å². The molecular formula is C10H15N2O14P3. The van der Waals surface area contributed by atoms with Crippen LogP contribution in [0.3, 0.4) is 0 Å². The number of hydrogen-bond donors (Lipinski definition) is 5. The van der Waals surface area contributed by atoms with Crippen LogP contribution in [0.1, 0.15) is 11.7 Å². The van der Waals surface area contributed by atoms with Gasteiger partial charge in [-0.3, -0.25) is 13.9 Å². The molecule has 3 heterocycles. The lowest BCUT2D eigenvalue weighted by Crippen LogP contribution is -2.37. The number of rotatable bonds is 4. The monoisotopic (exact) mass is 480 g/mol. The Morgan fingerprint density at radius 3 is 2.28 bits per heavy atom. The fourth-order valence-electron chi connectivity index (χ4n) is 2.57. The summed E-state index contributed by atoms with van der Waals surface area (Å²) in [5, 5.41) is 20.2. The topological polar surface area (TPSA) is 233 Å². The molecule has 2 aliphatic rings. The number of hydrogen-bond acceptors (Lipinski definition) is 12. The zero-order valence-corrected chi connectivity index (χ0v) is 16.9. The van der Waals surface area contributed by atoms with Gasteiger partial charge in [-0.2, -0.15) is 12.9 Å². The van der Waals surface area contributed by atoms with Crippen LogP contribution in [0.5, 0.6) is 0 Å². The van der Waals surface area contributed by atoms with Crippen LogP contribution >= 0.6 is 23.5 Å². The number of aromatic amines is 1. The van der Waals surface area contributed by atoms with Crippen molar-refractivity contribution in [1.82, 2.24) is 9.55 Å². The van der Waals surface area contributed by atoms with E-state index in [1.165, 1.54) is 0 Å². The second kappa shape index (κ2) is 7.61. The van der Waals surface area contributed by atoms with Gasteiger partial charge < -0.3 is 29.7 Å². The van der Waals surface area contributed by atoms with E-state index in [9.17, 15) is 33.5 Å². The van der Waals surface area contributed by atoms with Gasteiger partial charge in [0.25, 0.3) is 5.56 Å². The van der Waals surface area contributed by atoms with Gasteiger partial charge in [0, 0.05) is 13.2 Å². The van der Waals surface area contributed by atoms with Gasteiger partial charge in [-0.05, 0) is 0 Å². The van der Waals surface area contributed by atoms with Crippen LogP contribution in [0.4, 0.5) is 0 Å². The molecule has 2 fully saturated rings. The van der Waals surface area contributed by atoms with Gasteiger partial charge in [-0.25, -0.2) is 18.5 Å². The van der Waals surface area contributed by atoms with Crippen LogP contribution in [-0.4, -0.2) is 54.5 Å². The molecule has 19 heteroatoms. The minimum atomic E-state index is -5.25. The number of aliphatic hydroxyl groups excluding tert-OH is 2. The molecule has 5 N–H and O–H groups in total. The lowest BCUT2D eigenvalue weighted by molar-refractivity contribution is -0.0236. The maximum atomic E-state index is 12.2. The second-order valence-corrected chi connectivity index (χ2v) is 10.9. The molecule has 29 heavy (non-hydrogen) atoms.